The van der Waals surface area contributed by atoms with Gasteiger partial charge in [-0.25, -0.2) is 0 Å². The largest absolute Gasteiger partial charge is 0.298 e. The van der Waals surface area contributed by atoms with Crippen molar-refractivity contribution in [3.8, 4) is 0 Å². The lowest BCUT2D eigenvalue weighted by molar-refractivity contribution is 0.0836. The Labute approximate surface area is 134 Å². The lowest BCUT2D eigenvalue weighted by atomic mass is 9.86. The van der Waals surface area contributed by atoms with E-state index in [-0.39, 0.29) is 0 Å². The Kier molecular flexibility index (Phi) is 10.4. The van der Waals surface area contributed by atoms with Crippen molar-refractivity contribution in [3.05, 3.63) is 0 Å². The fourth-order valence-corrected chi connectivity index (χ4v) is 3.92. The van der Waals surface area contributed by atoms with Crippen LogP contribution < -0.4 is 0 Å². The van der Waals surface area contributed by atoms with Crippen LogP contribution in [0.2, 0.25) is 0 Å². The third-order valence-electron chi connectivity index (χ3n) is 5.51. The van der Waals surface area contributed by atoms with Crippen molar-refractivity contribution in [3.63, 3.8) is 0 Å². The van der Waals surface area contributed by atoms with Crippen LogP contribution in [0.1, 0.15) is 111 Å². The highest BCUT2D eigenvalue weighted by Crippen LogP contribution is 2.31. The summed E-state index contributed by atoms with van der Waals surface area (Å²) in [5.41, 5.74) is 0.492. The number of nitrogens with zero attached hydrogens (tertiary/aromatic N) is 1. The molecule has 0 amide bonds. The van der Waals surface area contributed by atoms with Crippen molar-refractivity contribution in [2.24, 2.45) is 0 Å². The minimum Gasteiger partial charge on any atom is -0.298 e. The molecule has 1 heterocycles. The average Bonchev–Trinajstić information content (AvgIpc) is 2.78. The minimum atomic E-state index is 0.492. The van der Waals surface area contributed by atoms with Crippen molar-refractivity contribution in [2.75, 3.05) is 13.1 Å². The van der Waals surface area contributed by atoms with Crippen LogP contribution in [0, 0.1) is 0 Å². The molecule has 21 heavy (non-hydrogen) atoms. The molecule has 0 saturated carbocycles. The quantitative estimate of drug-likeness (QED) is 0.390. The van der Waals surface area contributed by atoms with Crippen LogP contribution in [-0.2, 0) is 0 Å². The summed E-state index contributed by atoms with van der Waals surface area (Å²) >= 11 is 0. The van der Waals surface area contributed by atoms with Crippen LogP contribution in [0.5, 0.6) is 0 Å². The van der Waals surface area contributed by atoms with Gasteiger partial charge >= 0.3 is 0 Å². The molecule has 0 aromatic heterocycles. The van der Waals surface area contributed by atoms with E-state index in [0.717, 1.165) is 0 Å². The van der Waals surface area contributed by atoms with Crippen LogP contribution in [0.25, 0.3) is 0 Å². The summed E-state index contributed by atoms with van der Waals surface area (Å²) in [6.45, 7) is 9.93. The van der Waals surface area contributed by atoms with Crippen molar-refractivity contribution < 1.29 is 0 Å². The van der Waals surface area contributed by atoms with Crippen LogP contribution in [-0.4, -0.2) is 23.5 Å². The Bertz CT molecular complexity index is 216. The molecule has 126 valence electrons. The first-order valence-electron chi connectivity index (χ1n) is 9.98. The number of rotatable bonds is 11. The highest BCUT2D eigenvalue weighted by Gasteiger charge is 2.30. The molecule has 0 atom stereocenters. The molecular formula is C20H41N. The first-order valence-corrected chi connectivity index (χ1v) is 9.98. The van der Waals surface area contributed by atoms with Gasteiger partial charge in [0.25, 0.3) is 0 Å². The predicted octanol–water partition coefficient (Wildman–Crippen LogP) is 6.56. The first kappa shape index (κ1) is 19.0. The molecule has 0 aromatic rings. The van der Waals surface area contributed by atoms with Gasteiger partial charge in [0.15, 0.2) is 0 Å². The fourth-order valence-electron chi connectivity index (χ4n) is 3.92. The number of likely N-dealkylation sites (tertiary alicyclic amines) is 1. The molecular weight excluding hydrogens is 254 g/mol. The van der Waals surface area contributed by atoms with Gasteiger partial charge in [0.2, 0.25) is 0 Å². The Morgan fingerprint density at radius 3 is 1.57 bits per heavy atom. The maximum Gasteiger partial charge on any atom is 0.0181 e. The SMILES string of the molecule is CCCCCCC(C)(CCCCCC)N1CCCCCC1. The molecule has 0 radical (unpaired) electrons. The van der Waals surface area contributed by atoms with Crippen LogP contribution >= 0.6 is 0 Å². The molecule has 0 aromatic carbocycles. The van der Waals surface area contributed by atoms with E-state index >= 15 is 0 Å². The molecule has 1 aliphatic rings. The Morgan fingerprint density at radius 2 is 1.14 bits per heavy atom. The number of hydrogen-bond donors (Lipinski definition) is 0. The summed E-state index contributed by atoms with van der Waals surface area (Å²) in [6, 6.07) is 0. The summed E-state index contributed by atoms with van der Waals surface area (Å²) < 4.78 is 0. The molecule has 1 nitrogen and oxygen atoms in total. The van der Waals surface area contributed by atoms with E-state index in [1.54, 1.807) is 0 Å². The smallest absolute Gasteiger partial charge is 0.0181 e. The summed E-state index contributed by atoms with van der Waals surface area (Å²) in [5.74, 6) is 0. The lowest BCUT2D eigenvalue weighted by Gasteiger charge is -2.42. The van der Waals surface area contributed by atoms with E-state index in [1.165, 1.54) is 103 Å². The predicted molar refractivity (Wildman–Crippen MR) is 96.0 cm³/mol. The molecule has 1 heteroatoms. The van der Waals surface area contributed by atoms with Crippen molar-refractivity contribution in [1.82, 2.24) is 4.90 Å². The van der Waals surface area contributed by atoms with Gasteiger partial charge in [-0.15, -0.1) is 0 Å². The van der Waals surface area contributed by atoms with Crippen LogP contribution in [0.3, 0.4) is 0 Å². The van der Waals surface area contributed by atoms with Crippen molar-refractivity contribution in [2.45, 2.75) is 116 Å². The van der Waals surface area contributed by atoms with Gasteiger partial charge in [-0.3, -0.25) is 4.90 Å². The first-order chi connectivity index (χ1) is 10.2. The van der Waals surface area contributed by atoms with Gasteiger partial charge in [0.05, 0.1) is 0 Å². The van der Waals surface area contributed by atoms with Gasteiger partial charge < -0.3 is 0 Å². The van der Waals surface area contributed by atoms with Crippen molar-refractivity contribution in [1.29, 1.82) is 0 Å². The second-order valence-corrected chi connectivity index (χ2v) is 7.52. The Hall–Kier alpha value is -0.0400. The van der Waals surface area contributed by atoms with E-state index in [9.17, 15) is 0 Å². The second-order valence-electron chi connectivity index (χ2n) is 7.52. The maximum atomic E-state index is 2.87. The Balaban J connectivity index is 2.48. The molecule has 0 unspecified atom stereocenters. The molecule has 0 bridgehead atoms. The molecule has 0 N–H and O–H groups in total. The summed E-state index contributed by atoms with van der Waals surface area (Å²) in [4.78, 5) is 2.87. The minimum absolute atomic E-state index is 0.492. The van der Waals surface area contributed by atoms with Gasteiger partial charge in [0.1, 0.15) is 0 Å². The summed E-state index contributed by atoms with van der Waals surface area (Å²) in [6.07, 6.45) is 20.0. The molecule has 0 spiro atoms. The molecule has 1 saturated heterocycles. The Morgan fingerprint density at radius 1 is 0.667 bits per heavy atom. The van der Waals surface area contributed by atoms with Gasteiger partial charge in [-0.2, -0.15) is 0 Å². The van der Waals surface area contributed by atoms with E-state index in [0.29, 0.717) is 5.54 Å². The van der Waals surface area contributed by atoms with Gasteiger partial charge in [-0.05, 0) is 45.7 Å². The molecule has 1 fully saturated rings. The highest BCUT2D eigenvalue weighted by molar-refractivity contribution is 4.87. The number of unbranched alkanes of at least 4 members (excludes halogenated alkanes) is 6. The summed E-state index contributed by atoms with van der Waals surface area (Å²) in [7, 11) is 0. The average molecular weight is 296 g/mol. The molecule has 1 rings (SSSR count). The van der Waals surface area contributed by atoms with Gasteiger partial charge in [-0.1, -0.05) is 78.1 Å². The van der Waals surface area contributed by atoms with E-state index < -0.39 is 0 Å². The third kappa shape index (κ3) is 7.68. The normalized spacial score (nSPS) is 17.9. The fraction of sp³-hybridized carbons (Fsp3) is 1.00. The van der Waals surface area contributed by atoms with E-state index in [1.807, 2.05) is 0 Å². The number of hydrogen-bond acceptors (Lipinski definition) is 1. The zero-order valence-electron chi connectivity index (χ0n) is 15.3. The maximum absolute atomic E-state index is 2.87. The van der Waals surface area contributed by atoms with Gasteiger partial charge in [0, 0.05) is 5.54 Å². The zero-order chi connectivity index (χ0) is 15.4. The highest BCUT2D eigenvalue weighted by atomic mass is 15.2. The second kappa shape index (κ2) is 11.5. The summed E-state index contributed by atoms with van der Waals surface area (Å²) in [5, 5.41) is 0. The zero-order valence-corrected chi connectivity index (χ0v) is 15.3. The van der Waals surface area contributed by atoms with E-state index in [2.05, 4.69) is 25.7 Å². The third-order valence-corrected chi connectivity index (χ3v) is 5.51. The lowest BCUT2D eigenvalue weighted by Crippen LogP contribution is -2.47. The van der Waals surface area contributed by atoms with Crippen LogP contribution in [0.4, 0.5) is 0 Å². The standard InChI is InChI=1S/C20H41N/c1-4-6-8-12-16-20(3,17-13-9-7-5-2)21-18-14-10-11-15-19-21/h4-19H2,1-3H3. The molecule has 0 aliphatic carbocycles. The van der Waals surface area contributed by atoms with E-state index in [4.69, 9.17) is 0 Å². The van der Waals surface area contributed by atoms with Crippen molar-refractivity contribution >= 4 is 0 Å². The topological polar surface area (TPSA) is 3.24 Å². The molecule has 1 aliphatic heterocycles. The monoisotopic (exact) mass is 295 g/mol. The van der Waals surface area contributed by atoms with Crippen LogP contribution in [0.15, 0.2) is 0 Å².